The van der Waals surface area contributed by atoms with E-state index < -0.39 is 0 Å². The Labute approximate surface area is 150 Å². The van der Waals surface area contributed by atoms with Gasteiger partial charge in [-0.05, 0) is 44.0 Å². The summed E-state index contributed by atoms with van der Waals surface area (Å²) >= 11 is 0. The van der Waals surface area contributed by atoms with Gasteiger partial charge in [-0.25, -0.2) is 19.3 Å². The smallest absolute Gasteiger partial charge is 0.180 e. The standard InChI is InChI=1S/C18H20FN7/c19-13-3-4-16-21-8-15(26(16)10-13)17-22-7-14-18(24-17)25(11-23-14)9-12-2-1-5-20-6-12/h3-4,7-8,10,12,20,23H,1-2,5-6,9,11H2/t12-/m0/s1. The van der Waals surface area contributed by atoms with Gasteiger partial charge in [0.15, 0.2) is 11.6 Å². The van der Waals surface area contributed by atoms with Crippen LogP contribution in [0.15, 0.2) is 30.7 Å². The van der Waals surface area contributed by atoms with Crippen molar-refractivity contribution in [1.29, 1.82) is 0 Å². The minimum Gasteiger partial charge on any atom is -0.363 e. The first-order chi connectivity index (χ1) is 12.8. The number of halogens is 1. The van der Waals surface area contributed by atoms with E-state index in [0.29, 0.717) is 23.1 Å². The van der Waals surface area contributed by atoms with Crippen molar-refractivity contribution in [2.75, 3.05) is 36.5 Å². The molecule has 5 heterocycles. The molecule has 0 unspecified atom stereocenters. The van der Waals surface area contributed by atoms with E-state index in [1.807, 2.05) is 0 Å². The van der Waals surface area contributed by atoms with Crippen molar-refractivity contribution < 1.29 is 4.39 Å². The molecule has 0 radical (unpaired) electrons. The average molecular weight is 353 g/mol. The maximum atomic E-state index is 13.6. The van der Waals surface area contributed by atoms with Crippen molar-refractivity contribution in [2.45, 2.75) is 12.8 Å². The van der Waals surface area contributed by atoms with Gasteiger partial charge in [0.2, 0.25) is 0 Å². The number of fused-ring (bicyclic) bond motifs is 2. The number of anilines is 2. The van der Waals surface area contributed by atoms with Gasteiger partial charge in [0.1, 0.15) is 17.2 Å². The van der Waals surface area contributed by atoms with Crippen LogP contribution in [-0.2, 0) is 0 Å². The van der Waals surface area contributed by atoms with Gasteiger partial charge in [0.05, 0.1) is 24.7 Å². The molecule has 3 aromatic heterocycles. The van der Waals surface area contributed by atoms with E-state index in [4.69, 9.17) is 4.98 Å². The summed E-state index contributed by atoms with van der Waals surface area (Å²) in [6, 6.07) is 3.05. The summed E-state index contributed by atoms with van der Waals surface area (Å²) in [4.78, 5) is 15.8. The highest BCUT2D eigenvalue weighted by molar-refractivity contribution is 5.72. The molecular formula is C18H20FN7. The van der Waals surface area contributed by atoms with Crippen LogP contribution in [0.1, 0.15) is 12.8 Å². The monoisotopic (exact) mass is 353 g/mol. The molecule has 1 atom stereocenters. The Kier molecular flexibility index (Phi) is 3.70. The molecule has 2 aliphatic rings. The van der Waals surface area contributed by atoms with Crippen LogP contribution in [0.25, 0.3) is 17.2 Å². The molecule has 5 rings (SSSR count). The lowest BCUT2D eigenvalue weighted by molar-refractivity contribution is 0.379. The Hall–Kier alpha value is -2.74. The molecule has 134 valence electrons. The van der Waals surface area contributed by atoms with Gasteiger partial charge < -0.3 is 15.5 Å². The fraction of sp³-hybridized carbons (Fsp3) is 0.389. The van der Waals surface area contributed by atoms with Gasteiger partial charge in [-0.15, -0.1) is 0 Å². The number of aromatic nitrogens is 4. The number of hydrogen-bond acceptors (Lipinski definition) is 6. The van der Waals surface area contributed by atoms with E-state index in [1.165, 1.54) is 25.1 Å². The van der Waals surface area contributed by atoms with E-state index in [1.54, 1.807) is 22.9 Å². The zero-order valence-electron chi connectivity index (χ0n) is 14.3. The summed E-state index contributed by atoms with van der Waals surface area (Å²) in [7, 11) is 0. The molecule has 0 saturated carbocycles. The van der Waals surface area contributed by atoms with Crippen LogP contribution in [0.3, 0.4) is 0 Å². The molecule has 8 heteroatoms. The number of imidazole rings is 1. The maximum absolute atomic E-state index is 13.6. The minimum atomic E-state index is -0.314. The summed E-state index contributed by atoms with van der Waals surface area (Å²) in [5.74, 6) is 1.77. The molecule has 2 N–H and O–H groups in total. The van der Waals surface area contributed by atoms with Gasteiger partial charge >= 0.3 is 0 Å². The molecule has 1 saturated heterocycles. The molecule has 0 bridgehead atoms. The normalized spacial score (nSPS) is 19.6. The number of nitrogens with zero attached hydrogens (tertiary/aromatic N) is 5. The topological polar surface area (TPSA) is 70.4 Å². The second-order valence-electron chi connectivity index (χ2n) is 6.92. The van der Waals surface area contributed by atoms with Crippen molar-refractivity contribution >= 4 is 17.2 Å². The van der Waals surface area contributed by atoms with Crippen molar-refractivity contribution in [3.8, 4) is 11.5 Å². The lowest BCUT2D eigenvalue weighted by atomic mass is 9.99. The van der Waals surface area contributed by atoms with E-state index in [9.17, 15) is 4.39 Å². The first-order valence-electron chi connectivity index (χ1n) is 8.97. The highest BCUT2D eigenvalue weighted by Gasteiger charge is 2.25. The van der Waals surface area contributed by atoms with Gasteiger partial charge in [-0.2, -0.15) is 0 Å². The van der Waals surface area contributed by atoms with Crippen molar-refractivity contribution in [2.24, 2.45) is 5.92 Å². The van der Waals surface area contributed by atoms with E-state index in [-0.39, 0.29) is 5.82 Å². The van der Waals surface area contributed by atoms with E-state index >= 15 is 0 Å². The first kappa shape index (κ1) is 15.5. The van der Waals surface area contributed by atoms with Crippen LogP contribution < -0.4 is 15.5 Å². The summed E-state index contributed by atoms with van der Waals surface area (Å²) in [5, 5.41) is 6.82. The van der Waals surface area contributed by atoms with Crippen LogP contribution in [0, 0.1) is 11.7 Å². The van der Waals surface area contributed by atoms with Gasteiger partial charge in [-0.1, -0.05) is 0 Å². The minimum absolute atomic E-state index is 0.314. The first-order valence-corrected chi connectivity index (χ1v) is 8.97. The highest BCUT2D eigenvalue weighted by Crippen LogP contribution is 2.31. The number of nitrogens with one attached hydrogen (secondary N) is 2. The Morgan fingerprint density at radius 3 is 3.08 bits per heavy atom. The largest absolute Gasteiger partial charge is 0.363 e. The molecular weight excluding hydrogens is 333 g/mol. The fourth-order valence-electron chi connectivity index (χ4n) is 3.78. The molecule has 1 fully saturated rings. The van der Waals surface area contributed by atoms with Crippen molar-refractivity contribution in [3.05, 3.63) is 36.5 Å². The van der Waals surface area contributed by atoms with Crippen LogP contribution in [0.5, 0.6) is 0 Å². The lowest BCUT2D eigenvalue weighted by Gasteiger charge is -2.27. The van der Waals surface area contributed by atoms with Gasteiger partial charge in [0, 0.05) is 12.7 Å². The van der Waals surface area contributed by atoms with E-state index in [2.05, 4.69) is 25.5 Å². The summed E-state index contributed by atoms with van der Waals surface area (Å²) in [6.07, 6.45) is 7.37. The summed E-state index contributed by atoms with van der Waals surface area (Å²) < 4.78 is 15.3. The molecule has 0 amide bonds. The van der Waals surface area contributed by atoms with Crippen LogP contribution >= 0.6 is 0 Å². The third-order valence-electron chi connectivity index (χ3n) is 5.10. The van der Waals surface area contributed by atoms with Crippen LogP contribution in [-0.4, -0.2) is 45.7 Å². The van der Waals surface area contributed by atoms with Gasteiger partial charge in [-0.3, -0.25) is 4.40 Å². The van der Waals surface area contributed by atoms with E-state index in [0.717, 1.165) is 37.8 Å². The third-order valence-corrected chi connectivity index (χ3v) is 5.10. The Bertz CT molecular complexity index is 948. The SMILES string of the molecule is Fc1ccc2ncc(-c3ncc4c(n3)N(C[C@H]3CCCNC3)CN4)n2c1. The molecule has 26 heavy (non-hydrogen) atoms. The van der Waals surface area contributed by atoms with Gasteiger partial charge in [0.25, 0.3) is 0 Å². The molecule has 0 aromatic carbocycles. The maximum Gasteiger partial charge on any atom is 0.180 e. The number of hydrogen-bond donors (Lipinski definition) is 2. The Morgan fingerprint density at radius 2 is 2.19 bits per heavy atom. The zero-order valence-corrected chi connectivity index (χ0v) is 14.3. The summed E-state index contributed by atoms with van der Waals surface area (Å²) in [5.41, 5.74) is 2.31. The average Bonchev–Trinajstić information content (AvgIpc) is 3.26. The van der Waals surface area contributed by atoms with Crippen molar-refractivity contribution in [1.82, 2.24) is 24.7 Å². The highest BCUT2D eigenvalue weighted by atomic mass is 19.1. The second kappa shape index (κ2) is 6.21. The van der Waals surface area contributed by atoms with Crippen LogP contribution in [0.4, 0.5) is 15.9 Å². The summed E-state index contributed by atoms with van der Waals surface area (Å²) in [6.45, 7) is 3.87. The molecule has 7 nitrogen and oxygen atoms in total. The molecule has 3 aromatic rings. The van der Waals surface area contributed by atoms with Crippen LogP contribution in [0.2, 0.25) is 0 Å². The predicted octanol–water partition coefficient (Wildman–Crippen LogP) is 2.12. The fourth-order valence-corrected chi connectivity index (χ4v) is 3.78. The molecule has 0 aliphatic carbocycles. The zero-order chi connectivity index (χ0) is 17.5. The molecule has 2 aliphatic heterocycles. The second-order valence-corrected chi connectivity index (χ2v) is 6.92. The molecule has 0 spiro atoms. The lowest BCUT2D eigenvalue weighted by Crippen LogP contribution is -2.38. The predicted molar refractivity (Wildman–Crippen MR) is 97.6 cm³/mol. The quantitative estimate of drug-likeness (QED) is 0.752. The number of piperidine rings is 1. The third kappa shape index (κ3) is 2.66. The van der Waals surface area contributed by atoms with Crippen molar-refractivity contribution in [3.63, 3.8) is 0 Å². The Morgan fingerprint density at radius 1 is 1.23 bits per heavy atom. The Balaban J connectivity index is 1.48. The number of rotatable bonds is 3. The number of pyridine rings is 1.